The third-order valence-corrected chi connectivity index (χ3v) is 4.16. The number of amides is 1. The summed E-state index contributed by atoms with van der Waals surface area (Å²) in [6.45, 7) is 5.46. The largest absolute Gasteiger partial charge is 0.456 e. The molecule has 2 aromatic carbocycles. The molecule has 0 saturated heterocycles. The van der Waals surface area contributed by atoms with Gasteiger partial charge in [-0.15, -0.1) is 0 Å². The van der Waals surface area contributed by atoms with Crippen molar-refractivity contribution >= 4 is 23.5 Å². The number of halogens is 1. The summed E-state index contributed by atoms with van der Waals surface area (Å²) in [6, 6.07) is 12.6. The number of aryl methyl sites for hydroxylation is 2. The Morgan fingerprint density at radius 2 is 1.83 bits per heavy atom. The van der Waals surface area contributed by atoms with Gasteiger partial charge in [0.15, 0.2) is 0 Å². The van der Waals surface area contributed by atoms with Crippen molar-refractivity contribution in [3.8, 4) is 0 Å². The van der Waals surface area contributed by atoms with E-state index in [2.05, 4.69) is 5.32 Å². The van der Waals surface area contributed by atoms with Gasteiger partial charge >= 0.3 is 5.97 Å². The third-order valence-electron chi connectivity index (χ3n) is 3.81. The Hall–Kier alpha value is -2.33. The number of carbonyl (C=O) groups excluding carboxylic acids is 2. The third kappa shape index (κ3) is 4.59. The summed E-state index contributed by atoms with van der Waals surface area (Å²) in [5.41, 5.74) is 3.38. The molecule has 0 saturated carbocycles. The molecule has 0 bridgehead atoms. The van der Waals surface area contributed by atoms with Crippen LogP contribution in [0.2, 0.25) is 5.02 Å². The fraction of sp³-hybridized carbons (Fsp3) is 0.263. The van der Waals surface area contributed by atoms with Crippen LogP contribution in [0.25, 0.3) is 0 Å². The summed E-state index contributed by atoms with van der Waals surface area (Å²) in [7, 11) is 0. The van der Waals surface area contributed by atoms with Crippen molar-refractivity contribution in [3.63, 3.8) is 0 Å². The molecule has 5 heteroatoms. The molecule has 0 aliphatic carbocycles. The van der Waals surface area contributed by atoms with Crippen molar-refractivity contribution < 1.29 is 14.3 Å². The fourth-order valence-electron chi connectivity index (χ4n) is 2.24. The van der Waals surface area contributed by atoms with E-state index in [9.17, 15) is 9.59 Å². The number of ether oxygens (including phenoxy) is 1. The van der Waals surface area contributed by atoms with E-state index in [-0.39, 0.29) is 12.5 Å². The van der Waals surface area contributed by atoms with Crippen LogP contribution in [0.1, 0.15) is 40.1 Å². The molecule has 1 atom stereocenters. The molecule has 126 valence electrons. The van der Waals surface area contributed by atoms with Crippen LogP contribution in [0.4, 0.5) is 0 Å². The lowest BCUT2D eigenvalue weighted by molar-refractivity contribution is -0.147. The van der Waals surface area contributed by atoms with E-state index in [0.29, 0.717) is 10.6 Å². The first-order chi connectivity index (χ1) is 11.4. The molecule has 4 nitrogen and oxygen atoms in total. The van der Waals surface area contributed by atoms with Crippen LogP contribution in [0.3, 0.4) is 0 Å². The average Bonchev–Trinajstić information content (AvgIpc) is 2.55. The molecular weight excluding hydrogens is 326 g/mol. The van der Waals surface area contributed by atoms with Gasteiger partial charge in [0, 0.05) is 16.1 Å². The molecule has 0 spiro atoms. The fourth-order valence-corrected chi connectivity index (χ4v) is 2.53. The number of esters is 1. The van der Waals surface area contributed by atoms with Gasteiger partial charge in [0.25, 0.3) is 5.91 Å². The second-order valence-electron chi connectivity index (χ2n) is 5.64. The molecule has 2 rings (SSSR count). The van der Waals surface area contributed by atoms with E-state index in [0.717, 1.165) is 16.7 Å². The Kier molecular flexibility index (Phi) is 5.99. The predicted molar refractivity (Wildman–Crippen MR) is 94.2 cm³/mol. The first-order valence-electron chi connectivity index (χ1n) is 7.68. The maximum atomic E-state index is 12.1. The van der Waals surface area contributed by atoms with Crippen LogP contribution in [-0.2, 0) is 9.53 Å². The summed E-state index contributed by atoms with van der Waals surface area (Å²) < 4.78 is 5.31. The van der Waals surface area contributed by atoms with E-state index in [4.69, 9.17) is 16.3 Å². The minimum absolute atomic E-state index is 0.194. The molecular formula is C19H20ClNO3. The smallest absolute Gasteiger partial charge is 0.326 e. The van der Waals surface area contributed by atoms with Gasteiger partial charge in [-0.2, -0.15) is 0 Å². The summed E-state index contributed by atoms with van der Waals surface area (Å²) in [5, 5.41) is 3.11. The number of nitrogens with one attached hydrogen (secondary N) is 1. The van der Waals surface area contributed by atoms with Gasteiger partial charge < -0.3 is 10.1 Å². The summed E-state index contributed by atoms with van der Waals surface area (Å²) in [6.07, 6.45) is -0.482. The van der Waals surface area contributed by atoms with E-state index in [1.807, 2.05) is 32.0 Å². The first-order valence-corrected chi connectivity index (χ1v) is 8.05. The molecule has 0 radical (unpaired) electrons. The Balaban J connectivity index is 1.89. The van der Waals surface area contributed by atoms with Crippen molar-refractivity contribution in [2.45, 2.75) is 26.9 Å². The van der Waals surface area contributed by atoms with Crippen LogP contribution in [-0.4, -0.2) is 18.4 Å². The van der Waals surface area contributed by atoms with E-state index in [1.54, 1.807) is 31.2 Å². The molecule has 0 aliphatic rings. The Bertz CT molecular complexity index is 758. The standard InChI is InChI=1S/C19H20ClNO3/c1-12-8-9-15(10-13(12)2)19(23)21-11-18(22)24-14(3)16-6-4-5-7-17(16)20/h4-10,14H,11H2,1-3H3,(H,21,23)/t14-/m1/s1. The van der Waals surface area contributed by atoms with Crippen LogP contribution >= 0.6 is 11.6 Å². The second kappa shape index (κ2) is 7.97. The van der Waals surface area contributed by atoms with Crippen LogP contribution in [0.15, 0.2) is 42.5 Å². The van der Waals surface area contributed by atoms with Gasteiger partial charge in [-0.05, 0) is 50.1 Å². The molecule has 2 aromatic rings. The van der Waals surface area contributed by atoms with Gasteiger partial charge in [0.1, 0.15) is 12.6 Å². The number of rotatable bonds is 5. The molecule has 24 heavy (non-hydrogen) atoms. The highest BCUT2D eigenvalue weighted by molar-refractivity contribution is 6.31. The van der Waals surface area contributed by atoms with E-state index < -0.39 is 12.1 Å². The number of benzene rings is 2. The molecule has 0 heterocycles. The number of carbonyl (C=O) groups is 2. The van der Waals surface area contributed by atoms with Gasteiger partial charge in [0.2, 0.25) is 0 Å². The number of hydrogen-bond acceptors (Lipinski definition) is 3. The maximum Gasteiger partial charge on any atom is 0.326 e. The zero-order valence-corrected chi connectivity index (χ0v) is 14.7. The zero-order valence-electron chi connectivity index (χ0n) is 13.9. The normalized spacial score (nSPS) is 11.7. The molecule has 0 fully saturated rings. The van der Waals surface area contributed by atoms with Crippen LogP contribution in [0, 0.1) is 13.8 Å². The lowest BCUT2D eigenvalue weighted by atomic mass is 10.1. The summed E-state index contributed by atoms with van der Waals surface area (Å²) in [5.74, 6) is -0.819. The monoisotopic (exact) mass is 345 g/mol. The first kappa shape index (κ1) is 18.0. The minimum atomic E-state index is -0.514. The van der Waals surface area contributed by atoms with Crippen molar-refractivity contribution in [1.82, 2.24) is 5.32 Å². The van der Waals surface area contributed by atoms with Gasteiger partial charge in [-0.3, -0.25) is 9.59 Å². The molecule has 1 N–H and O–H groups in total. The Morgan fingerprint density at radius 1 is 1.12 bits per heavy atom. The van der Waals surface area contributed by atoms with E-state index >= 15 is 0 Å². The van der Waals surface area contributed by atoms with Crippen molar-refractivity contribution in [3.05, 3.63) is 69.7 Å². The van der Waals surface area contributed by atoms with Gasteiger partial charge in [-0.25, -0.2) is 0 Å². The van der Waals surface area contributed by atoms with Crippen molar-refractivity contribution in [2.75, 3.05) is 6.54 Å². The molecule has 0 aliphatic heterocycles. The Morgan fingerprint density at radius 3 is 2.50 bits per heavy atom. The van der Waals surface area contributed by atoms with E-state index in [1.165, 1.54) is 0 Å². The van der Waals surface area contributed by atoms with Crippen LogP contribution < -0.4 is 5.32 Å². The van der Waals surface area contributed by atoms with Crippen molar-refractivity contribution in [1.29, 1.82) is 0 Å². The minimum Gasteiger partial charge on any atom is -0.456 e. The van der Waals surface area contributed by atoms with Crippen LogP contribution in [0.5, 0.6) is 0 Å². The molecule has 1 amide bonds. The second-order valence-corrected chi connectivity index (χ2v) is 6.04. The SMILES string of the molecule is Cc1ccc(C(=O)NCC(=O)O[C@H](C)c2ccccc2Cl)cc1C. The molecule has 0 unspecified atom stereocenters. The van der Waals surface area contributed by atoms with Gasteiger partial charge in [-0.1, -0.05) is 35.9 Å². The highest BCUT2D eigenvalue weighted by atomic mass is 35.5. The lowest BCUT2D eigenvalue weighted by Gasteiger charge is -2.15. The predicted octanol–water partition coefficient (Wildman–Crippen LogP) is 3.99. The molecule has 0 aromatic heterocycles. The quantitative estimate of drug-likeness (QED) is 0.833. The average molecular weight is 346 g/mol. The number of hydrogen-bond donors (Lipinski definition) is 1. The van der Waals surface area contributed by atoms with Crippen molar-refractivity contribution in [2.24, 2.45) is 0 Å². The summed E-state index contributed by atoms with van der Waals surface area (Å²) >= 11 is 6.08. The Labute approximate surface area is 146 Å². The zero-order chi connectivity index (χ0) is 17.7. The summed E-state index contributed by atoms with van der Waals surface area (Å²) in [4.78, 5) is 24.0. The lowest BCUT2D eigenvalue weighted by Crippen LogP contribution is -2.31. The highest BCUT2D eigenvalue weighted by Gasteiger charge is 2.15. The highest BCUT2D eigenvalue weighted by Crippen LogP contribution is 2.24. The maximum absolute atomic E-state index is 12.1. The topological polar surface area (TPSA) is 55.4 Å². The van der Waals surface area contributed by atoms with Gasteiger partial charge in [0.05, 0.1) is 0 Å².